The largest absolute Gasteiger partial charge is 0.344 e. The maximum Gasteiger partial charge on any atom is 0.276 e. The quantitative estimate of drug-likeness (QED) is 0.283. The van der Waals surface area contributed by atoms with Crippen LogP contribution in [0.25, 0.3) is 0 Å². The number of rotatable bonds is 11. The van der Waals surface area contributed by atoms with Crippen LogP contribution >= 0.6 is 0 Å². The fourth-order valence-corrected chi connectivity index (χ4v) is 6.35. The molecule has 256 valence electrons. The lowest BCUT2D eigenvalue weighted by Gasteiger charge is -2.36. The minimum Gasteiger partial charge on any atom is -0.344 e. The average Bonchev–Trinajstić information content (AvgIpc) is 3.73. The van der Waals surface area contributed by atoms with Gasteiger partial charge < -0.3 is 25.8 Å². The van der Waals surface area contributed by atoms with E-state index in [2.05, 4.69) is 31.2 Å². The van der Waals surface area contributed by atoms with Crippen LogP contribution in [0.15, 0.2) is 41.0 Å². The molecule has 5 rings (SSSR count). The zero-order chi connectivity index (χ0) is 34.5. The third-order valence-electron chi connectivity index (χ3n) is 9.30. The van der Waals surface area contributed by atoms with Gasteiger partial charge in [0.05, 0.1) is 5.69 Å². The van der Waals surface area contributed by atoms with Gasteiger partial charge in [-0.05, 0) is 72.4 Å². The number of carbonyl (C=O) groups excluding carboxylic acids is 4. The number of nitrogens with one attached hydrogen (secondary N) is 3. The topological polar surface area (TPSA) is 150 Å². The summed E-state index contributed by atoms with van der Waals surface area (Å²) in [7, 11) is 1.98. The number of halogens is 2. The number of piperazine rings is 1. The van der Waals surface area contributed by atoms with Gasteiger partial charge in [0.15, 0.2) is 5.69 Å². The van der Waals surface area contributed by atoms with Crippen LogP contribution in [0.5, 0.6) is 0 Å². The van der Waals surface area contributed by atoms with Gasteiger partial charge >= 0.3 is 0 Å². The molecule has 2 aromatic carbocycles. The van der Waals surface area contributed by atoms with E-state index in [9.17, 15) is 23.6 Å². The molecule has 0 spiro atoms. The molecule has 1 fully saturated rings. The summed E-state index contributed by atoms with van der Waals surface area (Å²) >= 11 is 0. The Bertz CT molecular complexity index is 1670. The molecule has 3 aromatic rings. The first kappa shape index (κ1) is 34.6. The van der Waals surface area contributed by atoms with Crippen LogP contribution in [0.3, 0.4) is 0 Å². The SMILES string of the molecule is CCC(=O)N[C@@H](C(=O)N1CCN(C)CC1)[C@@H](C)c1ccc(NC(=O)C(NC(=O)c2nonc2CC)C2CCc3cc(F)ccc32)c(F)c1. The zero-order valence-electron chi connectivity index (χ0n) is 27.5. The van der Waals surface area contributed by atoms with Crippen molar-refractivity contribution >= 4 is 29.3 Å². The van der Waals surface area contributed by atoms with E-state index in [4.69, 9.17) is 4.63 Å². The second-order valence-corrected chi connectivity index (χ2v) is 12.4. The van der Waals surface area contributed by atoms with E-state index in [1.807, 2.05) is 7.05 Å². The second-order valence-electron chi connectivity index (χ2n) is 12.4. The van der Waals surface area contributed by atoms with E-state index in [0.717, 1.165) is 5.56 Å². The number of amides is 4. The standard InChI is InChI=1S/C34H41F2N7O5/c1-5-26-31(41-48-40-26)33(46)39-30(24-10-7-21-17-22(35)9-11-23(21)24)32(45)37-27-12-8-20(18-25(27)36)19(3)29(38-28(44)6-2)34(47)43-15-13-42(4)14-16-43/h8-9,11-12,17-19,24,29-30H,5-7,10,13-16H2,1-4H3,(H,37,45)(H,38,44)(H,39,46)/t19-,24?,29+,30?/m0/s1. The van der Waals surface area contributed by atoms with Crippen molar-refractivity contribution in [1.29, 1.82) is 0 Å². The first-order chi connectivity index (χ1) is 23.0. The monoisotopic (exact) mass is 665 g/mol. The van der Waals surface area contributed by atoms with Crippen LogP contribution in [0, 0.1) is 11.6 Å². The average molecular weight is 666 g/mol. The molecule has 0 saturated carbocycles. The lowest BCUT2D eigenvalue weighted by molar-refractivity contribution is -0.138. The Balaban J connectivity index is 1.37. The third kappa shape index (κ3) is 7.53. The molecule has 1 aliphatic carbocycles. The van der Waals surface area contributed by atoms with Crippen molar-refractivity contribution in [1.82, 2.24) is 30.7 Å². The summed E-state index contributed by atoms with van der Waals surface area (Å²) in [5, 5.41) is 15.6. The molecule has 3 N–H and O–H groups in total. The fraction of sp³-hybridized carbons (Fsp3) is 0.471. The second kappa shape index (κ2) is 15.0. The maximum atomic E-state index is 15.7. The van der Waals surface area contributed by atoms with Crippen LogP contribution in [-0.2, 0) is 27.2 Å². The number of aromatic nitrogens is 2. The molecule has 48 heavy (non-hydrogen) atoms. The highest BCUT2D eigenvalue weighted by Gasteiger charge is 2.38. The van der Waals surface area contributed by atoms with Gasteiger partial charge in [-0.3, -0.25) is 19.2 Å². The molecule has 2 aliphatic rings. The molecule has 0 bridgehead atoms. The summed E-state index contributed by atoms with van der Waals surface area (Å²) < 4.78 is 34.4. The zero-order valence-corrected chi connectivity index (χ0v) is 27.5. The molecule has 4 atom stereocenters. The van der Waals surface area contributed by atoms with Crippen molar-refractivity contribution < 1.29 is 32.6 Å². The van der Waals surface area contributed by atoms with E-state index < -0.39 is 47.4 Å². The Kier molecular flexibility index (Phi) is 10.8. The predicted molar refractivity (Wildman–Crippen MR) is 172 cm³/mol. The van der Waals surface area contributed by atoms with Crippen LogP contribution in [0.4, 0.5) is 14.5 Å². The lowest BCUT2D eigenvalue weighted by atomic mass is 9.91. The van der Waals surface area contributed by atoms with E-state index >= 15 is 4.39 Å². The van der Waals surface area contributed by atoms with Gasteiger partial charge in [-0.2, -0.15) is 0 Å². The van der Waals surface area contributed by atoms with E-state index in [-0.39, 0.29) is 29.6 Å². The molecule has 12 nitrogen and oxygen atoms in total. The summed E-state index contributed by atoms with van der Waals surface area (Å²) in [6.45, 7) is 7.66. The van der Waals surface area contributed by atoms with Crippen LogP contribution < -0.4 is 16.0 Å². The Morgan fingerprint density at radius 2 is 1.75 bits per heavy atom. The van der Waals surface area contributed by atoms with Crippen molar-refractivity contribution in [2.75, 3.05) is 38.5 Å². The third-order valence-corrected chi connectivity index (χ3v) is 9.30. The van der Waals surface area contributed by atoms with Crippen molar-refractivity contribution in [2.24, 2.45) is 0 Å². The minimum atomic E-state index is -1.17. The number of carbonyl (C=O) groups is 4. The number of fused-ring (bicyclic) bond motifs is 1. The molecular weight excluding hydrogens is 624 g/mol. The number of nitrogens with zero attached hydrogens (tertiary/aromatic N) is 4. The Morgan fingerprint density at radius 1 is 1.00 bits per heavy atom. The molecule has 4 amide bonds. The van der Waals surface area contributed by atoms with Gasteiger partial charge in [-0.25, -0.2) is 13.4 Å². The normalized spacial score (nSPS) is 18.0. The van der Waals surface area contributed by atoms with Crippen LogP contribution in [-0.4, -0.2) is 89.1 Å². The van der Waals surface area contributed by atoms with E-state index in [1.165, 1.54) is 24.3 Å². The first-order valence-corrected chi connectivity index (χ1v) is 16.3. The molecular formula is C34H41F2N7O5. The molecule has 1 aliphatic heterocycles. The number of hydrogen-bond acceptors (Lipinski definition) is 8. The summed E-state index contributed by atoms with van der Waals surface area (Å²) in [4.78, 5) is 56.9. The first-order valence-electron chi connectivity index (χ1n) is 16.3. The smallest absolute Gasteiger partial charge is 0.276 e. The minimum absolute atomic E-state index is 0.0620. The summed E-state index contributed by atoms with van der Waals surface area (Å²) in [6.07, 6.45) is 1.49. The molecule has 0 radical (unpaired) electrons. The van der Waals surface area contributed by atoms with Crippen molar-refractivity contribution in [3.05, 3.63) is 76.1 Å². The summed E-state index contributed by atoms with van der Waals surface area (Å²) in [6, 6.07) is 6.45. The molecule has 2 unspecified atom stereocenters. The number of benzene rings is 2. The highest BCUT2D eigenvalue weighted by molar-refractivity contribution is 6.01. The molecule has 1 aromatic heterocycles. The Labute approximate surface area is 277 Å². The van der Waals surface area contributed by atoms with Crippen molar-refractivity contribution in [2.45, 2.75) is 70.4 Å². The number of hydrogen-bond donors (Lipinski definition) is 3. The predicted octanol–water partition coefficient (Wildman–Crippen LogP) is 3.15. The lowest BCUT2D eigenvalue weighted by Crippen LogP contribution is -2.55. The van der Waals surface area contributed by atoms with Crippen LogP contribution in [0.2, 0.25) is 0 Å². The molecule has 2 heterocycles. The molecule has 14 heteroatoms. The maximum absolute atomic E-state index is 15.7. The molecule has 1 saturated heterocycles. The Morgan fingerprint density at radius 3 is 2.44 bits per heavy atom. The van der Waals surface area contributed by atoms with Gasteiger partial charge in [0.2, 0.25) is 17.7 Å². The Hall–Kier alpha value is -4.72. The van der Waals surface area contributed by atoms with Gasteiger partial charge in [-0.15, -0.1) is 0 Å². The fourth-order valence-electron chi connectivity index (χ4n) is 6.35. The van der Waals surface area contributed by atoms with Crippen molar-refractivity contribution in [3.63, 3.8) is 0 Å². The number of aryl methyl sites for hydroxylation is 2. The highest BCUT2D eigenvalue weighted by Crippen LogP contribution is 2.37. The van der Waals surface area contributed by atoms with Crippen LogP contribution in [0.1, 0.15) is 78.3 Å². The summed E-state index contributed by atoms with van der Waals surface area (Å²) in [5.74, 6) is -4.17. The van der Waals surface area contributed by atoms with Gasteiger partial charge in [0, 0.05) is 44.4 Å². The van der Waals surface area contributed by atoms with Crippen molar-refractivity contribution in [3.8, 4) is 0 Å². The van der Waals surface area contributed by atoms with E-state index in [1.54, 1.807) is 37.8 Å². The highest BCUT2D eigenvalue weighted by atomic mass is 19.1. The van der Waals surface area contributed by atoms with E-state index in [0.29, 0.717) is 62.3 Å². The van der Waals surface area contributed by atoms with Gasteiger partial charge in [-0.1, -0.05) is 38.1 Å². The number of likely N-dealkylation sites (N-methyl/N-ethyl adjacent to an activating group) is 1. The van der Waals surface area contributed by atoms with Gasteiger partial charge in [0.25, 0.3) is 5.91 Å². The number of anilines is 1. The van der Waals surface area contributed by atoms with Gasteiger partial charge in [0.1, 0.15) is 29.4 Å². The summed E-state index contributed by atoms with van der Waals surface area (Å²) in [5.41, 5.74) is 2.01.